The minimum atomic E-state index is -0.208. The van der Waals surface area contributed by atoms with E-state index in [-0.39, 0.29) is 12.4 Å². The fourth-order valence-corrected chi connectivity index (χ4v) is 14.9. The molecule has 0 unspecified atom stereocenters. The van der Waals surface area contributed by atoms with Crippen LogP contribution in [0.1, 0.15) is 141 Å². The van der Waals surface area contributed by atoms with E-state index in [1.807, 2.05) is 63.0 Å². The van der Waals surface area contributed by atoms with Gasteiger partial charge in [0.1, 0.15) is 11.5 Å². The molecule has 99 heavy (non-hydrogen) atoms. The van der Waals surface area contributed by atoms with Crippen LogP contribution in [0.5, 0.6) is 0 Å². The maximum atomic E-state index is 13.2. The van der Waals surface area contributed by atoms with E-state index in [1.165, 1.54) is 160 Å². The molecule has 0 atom stereocenters. The monoisotopic (exact) mass is 1320 g/mol. The second kappa shape index (κ2) is 29.4. The average Bonchev–Trinajstić information content (AvgIpc) is 1.63. The molecular weight excluding hydrogens is 1220 g/mol. The highest BCUT2D eigenvalue weighted by molar-refractivity contribution is 5.94. The number of allylic oxidation sites excluding steroid dienone is 4. The first-order chi connectivity index (χ1) is 47.8. The SMILES string of the molecule is C/C(=C\n1c2c(c3cc(C)ccc31)CCCC2)c1ccc(C)nc1.C/C(=C\n1c2c(c3cc(C)ccc31)CN(C)CC2)c1ccncc1.C/C(=C\n1c2c(c3cc(C)cnc31)CN(C)CC2)c1ccc(F)cc1.C/C(=C\n1c2c(c3cc(CO)ccc31)CN(C)CC2)c1ccc(C)nc1. The van der Waals surface area contributed by atoms with Crippen molar-refractivity contribution in [3.63, 3.8) is 0 Å². The molecule has 3 aliphatic heterocycles. The third-order valence-electron chi connectivity index (χ3n) is 20.4. The number of likely N-dealkylation sites (N-methyl/N-ethyl adjacent to an activating group) is 3. The number of aliphatic hydroxyl groups is 1. The molecule has 0 spiro atoms. The van der Waals surface area contributed by atoms with Gasteiger partial charge in [-0.1, -0.05) is 53.6 Å². The first-order valence-electron chi connectivity index (χ1n) is 35.2. The lowest BCUT2D eigenvalue weighted by Gasteiger charge is -2.23. The number of benzene rings is 4. The highest BCUT2D eigenvalue weighted by Crippen LogP contribution is 2.38. The maximum Gasteiger partial charge on any atom is 0.144 e. The van der Waals surface area contributed by atoms with Crippen molar-refractivity contribution in [2.24, 2.45) is 0 Å². The molecule has 0 radical (unpaired) electrons. The molecule has 11 heterocycles. The molecule has 4 aromatic carbocycles. The summed E-state index contributed by atoms with van der Waals surface area (Å²) in [4.78, 5) is 24.8. The summed E-state index contributed by atoms with van der Waals surface area (Å²) in [7, 11) is 6.54. The Kier molecular flexibility index (Phi) is 20.2. The zero-order valence-corrected chi connectivity index (χ0v) is 59.9. The van der Waals surface area contributed by atoms with E-state index in [0.717, 1.165) is 97.8 Å². The number of pyridine rings is 4. The molecule has 0 amide bonds. The number of halogens is 1. The number of aliphatic hydroxyl groups excluding tert-OH is 1. The summed E-state index contributed by atoms with van der Waals surface area (Å²) in [6, 6.07) is 41.4. The quantitative estimate of drug-likeness (QED) is 0.153. The summed E-state index contributed by atoms with van der Waals surface area (Å²) in [6.07, 6.45) is 26.6. The van der Waals surface area contributed by atoms with Crippen molar-refractivity contribution in [1.29, 1.82) is 0 Å². The lowest BCUT2D eigenvalue weighted by atomic mass is 9.95. The number of hydrogen-bond donors (Lipinski definition) is 1. The summed E-state index contributed by atoms with van der Waals surface area (Å²) in [5.41, 5.74) is 32.7. The van der Waals surface area contributed by atoms with Crippen molar-refractivity contribution >= 4 is 90.8 Å². The van der Waals surface area contributed by atoms with Crippen LogP contribution in [0.4, 0.5) is 4.39 Å². The molecule has 4 aliphatic rings. The van der Waals surface area contributed by atoms with Crippen molar-refractivity contribution in [3.8, 4) is 0 Å². The van der Waals surface area contributed by atoms with Crippen LogP contribution < -0.4 is 0 Å². The smallest absolute Gasteiger partial charge is 0.144 e. The minimum absolute atomic E-state index is 0.0790. The Labute approximate surface area is 583 Å². The standard InChI is InChI=1S/C22H25N3O.C22H24N2.C21H22FN3.C21H23N3/c1-15(18-6-4-16(2)23-11-18)12-25-21-7-5-17(14-26)10-19(21)20-13-24(3)9-8-22(20)25;1-15-8-11-22-20(12-15)19-6-4-5-7-21(19)24(22)14-16(2)18-10-9-17(3)23-13-18;1-14-10-18-19-13-24(3)9-8-20(19)25(21(18)23-11-14)12-15(2)16-4-6-17(22)7-5-16;1-15-4-5-20-18(12-15)19-14-23(3)11-8-21(19)24(20)13-16(2)17-6-9-22-10-7-17/h4-7,10-12,26H,8-9,13-14H2,1-3H3;8-14H,4-7H2,1-3H3;4-7,10-12H,8-9,13H2,1-3H3;4-7,9-10,12-13H,8,11,14H2,1-3H3/b15-12+;16-14+;15-12+;16-13+. The van der Waals surface area contributed by atoms with E-state index in [1.54, 1.807) is 5.56 Å². The van der Waals surface area contributed by atoms with Crippen LogP contribution in [0.15, 0.2) is 152 Å². The molecule has 0 fully saturated rings. The van der Waals surface area contributed by atoms with Crippen LogP contribution in [0.2, 0.25) is 0 Å². The number of aryl methyl sites for hydroxylation is 6. The van der Waals surface area contributed by atoms with Gasteiger partial charge in [0.15, 0.2) is 0 Å². The van der Waals surface area contributed by atoms with Gasteiger partial charge in [-0.15, -0.1) is 0 Å². The highest BCUT2D eigenvalue weighted by atomic mass is 19.1. The zero-order chi connectivity index (χ0) is 69.2. The second-order valence-electron chi connectivity index (χ2n) is 28.2. The van der Waals surface area contributed by atoms with Gasteiger partial charge in [0, 0.05) is 170 Å². The topological polar surface area (TPSA) is 101 Å². The van der Waals surface area contributed by atoms with Gasteiger partial charge in [0.25, 0.3) is 0 Å². The second-order valence-corrected chi connectivity index (χ2v) is 28.2. The lowest BCUT2D eigenvalue weighted by molar-refractivity contribution is 0.282. The highest BCUT2D eigenvalue weighted by Gasteiger charge is 2.26. The van der Waals surface area contributed by atoms with E-state index < -0.39 is 0 Å². The number of rotatable bonds is 9. The van der Waals surface area contributed by atoms with Crippen LogP contribution in [0.3, 0.4) is 0 Å². The first kappa shape index (κ1) is 67.9. The fourth-order valence-electron chi connectivity index (χ4n) is 14.9. The third kappa shape index (κ3) is 14.6. The predicted octanol–water partition coefficient (Wildman–Crippen LogP) is 18.2. The summed E-state index contributed by atoms with van der Waals surface area (Å²) in [6.45, 7) is 25.3. The molecular formula is C86H94FN11O. The Morgan fingerprint density at radius 3 is 1.33 bits per heavy atom. The number of nitrogens with zero attached hydrogens (tertiary/aromatic N) is 11. The van der Waals surface area contributed by atoms with E-state index in [0.29, 0.717) is 0 Å². The Morgan fingerprint density at radius 2 is 0.828 bits per heavy atom. The Bertz CT molecular complexity index is 5080. The van der Waals surface area contributed by atoms with Gasteiger partial charge < -0.3 is 38.1 Å². The van der Waals surface area contributed by atoms with Crippen LogP contribution in [-0.4, -0.2) is 98.8 Å². The predicted molar refractivity (Wildman–Crippen MR) is 410 cm³/mol. The molecule has 12 nitrogen and oxygen atoms in total. The molecule has 13 heteroatoms. The molecule has 12 aromatic rings. The van der Waals surface area contributed by atoms with Crippen LogP contribution in [0.25, 0.3) is 90.8 Å². The molecule has 1 N–H and O–H groups in total. The molecule has 0 bridgehead atoms. The molecule has 0 saturated carbocycles. The van der Waals surface area contributed by atoms with E-state index in [9.17, 15) is 9.50 Å². The Balaban J connectivity index is 0.000000119. The minimum Gasteiger partial charge on any atom is -0.392 e. The summed E-state index contributed by atoms with van der Waals surface area (Å²) in [5.74, 6) is -0.208. The van der Waals surface area contributed by atoms with Crippen molar-refractivity contribution in [3.05, 3.63) is 259 Å². The maximum absolute atomic E-state index is 13.2. The van der Waals surface area contributed by atoms with Gasteiger partial charge in [0.2, 0.25) is 0 Å². The molecule has 16 rings (SSSR count). The molecule has 1 aliphatic carbocycles. The van der Waals surface area contributed by atoms with Crippen LogP contribution >= 0.6 is 0 Å². The van der Waals surface area contributed by atoms with Crippen molar-refractivity contribution in [2.45, 2.75) is 134 Å². The fraction of sp³-hybridized carbons (Fsp3) is 0.302. The van der Waals surface area contributed by atoms with Gasteiger partial charge in [-0.3, -0.25) is 15.0 Å². The zero-order valence-electron chi connectivity index (χ0n) is 59.9. The number of fused-ring (bicyclic) bond motifs is 12. The van der Waals surface area contributed by atoms with Crippen LogP contribution in [0, 0.1) is 40.4 Å². The van der Waals surface area contributed by atoms with E-state index >= 15 is 0 Å². The van der Waals surface area contributed by atoms with Crippen molar-refractivity contribution < 1.29 is 9.50 Å². The molecule has 8 aromatic heterocycles. The van der Waals surface area contributed by atoms with E-state index in [2.05, 4.69) is 233 Å². The Hall–Kier alpha value is -9.63. The van der Waals surface area contributed by atoms with Gasteiger partial charge in [-0.25, -0.2) is 9.37 Å². The molecule has 506 valence electrons. The van der Waals surface area contributed by atoms with Crippen LogP contribution in [-0.2, 0) is 58.3 Å². The van der Waals surface area contributed by atoms with Crippen molar-refractivity contribution in [2.75, 3.05) is 40.8 Å². The van der Waals surface area contributed by atoms with Gasteiger partial charge in [-0.05, 0) is 266 Å². The summed E-state index contributed by atoms with van der Waals surface area (Å²) in [5, 5.41) is 14.9. The normalized spacial score (nSPS) is 15.4. The van der Waals surface area contributed by atoms with Crippen molar-refractivity contribution in [1.82, 2.24) is 52.9 Å². The van der Waals surface area contributed by atoms with Gasteiger partial charge in [0.05, 0.1) is 23.2 Å². The summed E-state index contributed by atoms with van der Waals surface area (Å²) < 4.78 is 22.6. The van der Waals surface area contributed by atoms with Gasteiger partial charge in [-0.2, -0.15) is 0 Å². The third-order valence-corrected chi connectivity index (χ3v) is 20.4. The largest absolute Gasteiger partial charge is 0.392 e. The average molecular weight is 1320 g/mol. The number of hydrogen-bond acceptors (Lipinski definition) is 8. The lowest BCUT2D eigenvalue weighted by Crippen LogP contribution is -2.26. The first-order valence-corrected chi connectivity index (χ1v) is 35.2. The molecule has 0 saturated heterocycles. The Morgan fingerprint density at radius 1 is 0.414 bits per heavy atom. The van der Waals surface area contributed by atoms with E-state index in [4.69, 9.17) is 4.98 Å². The summed E-state index contributed by atoms with van der Waals surface area (Å²) >= 11 is 0. The number of aromatic nitrogens is 8. The van der Waals surface area contributed by atoms with Gasteiger partial charge >= 0.3 is 0 Å².